The first-order valence-corrected chi connectivity index (χ1v) is 10.5. The number of nitrogens with one attached hydrogen (secondary N) is 1. The number of anilines is 1. The zero-order chi connectivity index (χ0) is 24.8. The Labute approximate surface area is 195 Å². The van der Waals surface area contributed by atoms with Crippen molar-refractivity contribution in [1.29, 1.82) is 0 Å². The van der Waals surface area contributed by atoms with Gasteiger partial charge >= 0.3 is 17.9 Å². The molecule has 1 fully saturated rings. The molecule has 2 aromatic rings. The third kappa shape index (κ3) is 6.05. The molecular formula is C21H27N5O8. The number of aliphatic hydroxyl groups is 1. The largest absolute Gasteiger partial charge is 0.463 e. The molecule has 13 heteroatoms. The number of rotatable bonds is 9. The van der Waals surface area contributed by atoms with Crippen LogP contribution < -0.4 is 5.32 Å². The molecule has 1 aliphatic rings. The van der Waals surface area contributed by atoms with Gasteiger partial charge in [-0.25, -0.2) is 15.0 Å². The molecule has 1 aliphatic heterocycles. The zero-order valence-electron chi connectivity index (χ0n) is 19.3. The number of esters is 3. The van der Waals surface area contributed by atoms with Gasteiger partial charge in [0.05, 0.1) is 6.33 Å². The number of carbonyl (C=O) groups excluding carboxylic acids is 3. The summed E-state index contributed by atoms with van der Waals surface area (Å²) in [6.45, 7) is 6.02. The van der Waals surface area contributed by atoms with E-state index in [1.54, 1.807) is 0 Å². The molecule has 34 heavy (non-hydrogen) atoms. The van der Waals surface area contributed by atoms with Crippen LogP contribution in [0.5, 0.6) is 0 Å². The highest BCUT2D eigenvalue weighted by Crippen LogP contribution is 2.34. The number of hydrogen-bond acceptors (Lipinski definition) is 12. The van der Waals surface area contributed by atoms with Gasteiger partial charge in [-0.3, -0.25) is 19.0 Å². The first-order chi connectivity index (χ1) is 16.2. The minimum absolute atomic E-state index is 0.194. The molecule has 3 heterocycles. The van der Waals surface area contributed by atoms with Crippen LogP contribution in [-0.2, 0) is 33.3 Å². The summed E-state index contributed by atoms with van der Waals surface area (Å²) in [7, 11) is 0. The van der Waals surface area contributed by atoms with Crippen molar-refractivity contribution in [2.75, 3.05) is 25.1 Å². The molecule has 0 saturated carbocycles. The minimum atomic E-state index is -1.26. The van der Waals surface area contributed by atoms with Gasteiger partial charge in [0.1, 0.15) is 31.7 Å². The van der Waals surface area contributed by atoms with Crippen LogP contribution in [0.4, 0.5) is 5.82 Å². The van der Waals surface area contributed by atoms with E-state index in [0.29, 0.717) is 23.5 Å². The van der Waals surface area contributed by atoms with Crippen molar-refractivity contribution in [2.24, 2.45) is 0 Å². The molecule has 0 radical (unpaired) electrons. The molecule has 0 unspecified atom stereocenters. The van der Waals surface area contributed by atoms with Crippen molar-refractivity contribution in [2.45, 2.75) is 52.2 Å². The van der Waals surface area contributed by atoms with Crippen molar-refractivity contribution < 1.29 is 38.4 Å². The molecule has 2 aromatic heterocycles. The number of aromatic nitrogens is 4. The molecule has 0 aromatic carbocycles. The van der Waals surface area contributed by atoms with E-state index in [4.69, 9.17) is 18.9 Å². The number of imidazole rings is 1. The maximum atomic E-state index is 11.5. The van der Waals surface area contributed by atoms with Gasteiger partial charge in [0.2, 0.25) is 0 Å². The van der Waals surface area contributed by atoms with Gasteiger partial charge in [-0.2, -0.15) is 0 Å². The smallest absolute Gasteiger partial charge is 0.303 e. The summed E-state index contributed by atoms with van der Waals surface area (Å²) >= 11 is 0. The monoisotopic (exact) mass is 477 g/mol. The van der Waals surface area contributed by atoms with E-state index in [2.05, 4.69) is 20.3 Å². The Morgan fingerprint density at radius 3 is 2.53 bits per heavy atom. The summed E-state index contributed by atoms with van der Waals surface area (Å²) in [6.07, 6.45) is 0.419. The third-order valence-corrected chi connectivity index (χ3v) is 4.92. The fourth-order valence-electron chi connectivity index (χ4n) is 3.38. The van der Waals surface area contributed by atoms with Crippen molar-refractivity contribution in [3.63, 3.8) is 0 Å². The van der Waals surface area contributed by atoms with E-state index in [-0.39, 0.29) is 19.2 Å². The van der Waals surface area contributed by atoms with Gasteiger partial charge in [0.25, 0.3) is 0 Å². The first kappa shape index (κ1) is 25.1. The van der Waals surface area contributed by atoms with Crippen LogP contribution in [0.25, 0.3) is 11.2 Å². The number of ether oxygens (including phenoxy) is 4. The van der Waals surface area contributed by atoms with Crippen molar-refractivity contribution in [3.05, 3.63) is 24.3 Å². The van der Waals surface area contributed by atoms with E-state index in [9.17, 15) is 19.5 Å². The summed E-state index contributed by atoms with van der Waals surface area (Å²) in [5.74, 6) is -1.05. The maximum Gasteiger partial charge on any atom is 0.303 e. The molecular weight excluding hydrogens is 450 g/mol. The van der Waals surface area contributed by atoms with Gasteiger partial charge < -0.3 is 29.4 Å². The lowest BCUT2D eigenvalue weighted by Crippen LogP contribution is -2.38. The van der Waals surface area contributed by atoms with Crippen LogP contribution in [0.1, 0.15) is 33.9 Å². The highest BCUT2D eigenvalue weighted by molar-refractivity contribution is 5.82. The van der Waals surface area contributed by atoms with Crippen LogP contribution in [0, 0.1) is 0 Å². The quantitative estimate of drug-likeness (QED) is 0.292. The number of fused-ring (bicyclic) bond motifs is 1. The summed E-state index contributed by atoms with van der Waals surface area (Å²) < 4.78 is 22.5. The Bertz CT molecular complexity index is 1080. The number of carbonyl (C=O) groups is 3. The highest BCUT2D eigenvalue weighted by Gasteiger charge is 2.48. The zero-order valence-corrected chi connectivity index (χ0v) is 19.3. The molecule has 1 saturated heterocycles. The van der Waals surface area contributed by atoms with Gasteiger partial charge in [0, 0.05) is 27.3 Å². The molecule has 3 rings (SSSR count). The van der Waals surface area contributed by atoms with E-state index in [1.165, 1.54) is 38.0 Å². The van der Waals surface area contributed by atoms with E-state index in [0.717, 1.165) is 5.57 Å². The van der Waals surface area contributed by atoms with Crippen molar-refractivity contribution >= 4 is 34.9 Å². The van der Waals surface area contributed by atoms with Crippen LogP contribution in [0.3, 0.4) is 0 Å². The van der Waals surface area contributed by atoms with Gasteiger partial charge in [-0.1, -0.05) is 6.08 Å². The Kier molecular flexibility index (Phi) is 8.12. The first-order valence-electron chi connectivity index (χ1n) is 10.5. The predicted molar refractivity (Wildman–Crippen MR) is 116 cm³/mol. The summed E-state index contributed by atoms with van der Waals surface area (Å²) in [4.78, 5) is 46.5. The number of hydrogen-bond donors (Lipinski definition) is 2. The second-order valence-electron chi connectivity index (χ2n) is 7.69. The molecule has 2 N–H and O–H groups in total. The molecule has 0 bridgehead atoms. The highest BCUT2D eigenvalue weighted by atomic mass is 16.6. The van der Waals surface area contributed by atoms with Crippen LogP contribution in [0.15, 0.2) is 24.3 Å². The van der Waals surface area contributed by atoms with E-state index >= 15 is 0 Å². The summed E-state index contributed by atoms with van der Waals surface area (Å²) in [5, 5.41) is 14.0. The maximum absolute atomic E-state index is 11.5. The average molecular weight is 477 g/mol. The molecule has 4 atom stereocenters. The van der Waals surface area contributed by atoms with Gasteiger partial charge in [0.15, 0.2) is 29.3 Å². The second-order valence-corrected chi connectivity index (χ2v) is 7.69. The minimum Gasteiger partial charge on any atom is -0.463 e. The molecule has 0 spiro atoms. The number of nitrogens with zero attached hydrogens (tertiary/aromatic N) is 4. The lowest BCUT2D eigenvalue weighted by molar-refractivity contribution is -0.157. The van der Waals surface area contributed by atoms with Crippen LogP contribution in [-0.4, -0.2) is 80.6 Å². The number of aliphatic hydroxyl groups excluding tert-OH is 1. The summed E-state index contributed by atoms with van der Waals surface area (Å²) in [6, 6.07) is 0. The Morgan fingerprint density at radius 1 is 1.12 bits per heavy atom. The fraction of sp³-hybridized carbons (Fsp3) is 0.524. The van der Waals surface area contributed by atoms with Crippen LogP contribution in [0.2, 0.25) is 0 Å². The van der Waals surface area contributed by atoms with Crippen LogP contribution >= 0.6 is 0 Å². The predicted octanol–water partition coefficient (Wildman–Crippen LogP) is 0.501. The van der Waals surface area contributed by atoms with Crippen molar-refractivity contribution in [1.82, 2.24) is 19.5 Å². The lowest BCUT2D eigenvalue weighted by atomic mass is 10.1. The van der Waals surface area contributed by atoms with Crippen molar-refractivity contribution in [3.8, 4) is 0 Å². The standard InChI is InChI=1S/C21H27N5O8/c1-11(7-31-12(2)27)5-6-22-19-16-20(24-9-23-19)26(10-25-16)21-17(30)18(33-14(4)29)15(34-21)8-32-13(3)28/h5,9-10,15,17-18,21,30H,6-8H2,1-4H3,(H,22,23,24)/b11-5+/t15-,17-,18-,21-/m1/s1. The van der Waals surface area contributed by atoms with Gasteiger partial charge in [-0.05, 0) is 12.5 Å². The molecule has 0 aliphatic carbocycles. The fourth-order valence-corrected chi connectivity index (χ4v) is 3.38. The summed E-state index contributed by atoms with van der Waals surface area (Å²) in [5.41, 5.74) is 1.66. The molecule has 184 valence electrons. The van der Waals surface area contributed by atoms with Gasteiger partial charge in [-0.15, -0.1) is 0 Å². The molecule has 0 amide bonds. The Hall–Kier alpha value is -3.58. The Morgan fingerprint density at radius 2 is 1.85 bits per heavy atom. The normalized spacial score (nSPS) is 22.4. The molecule has 13 nitrogen and oxygen atoms in total. The third-order valence-electron chi connectivity index (χ3n) is 4.92. The topological polar surface area (TPSA) is 164 Å². The van der Waals surface area contributed by atoms with E-state index in [1.807, 2.05) is 13.0 Å². The Balaban J connectivity index is 1.78. The SMILES string of the molecule is CC(=O)OC/C(C)=C/CNc1ncnc2c1ncn2[C@@H]1O[C@H](COC(C)=O)[C@@H](OC(C)=O)[C@H]1O. The van der Waals surface area contributed by atoms with E-state index < -0.39 is 36.5 Å². The lowest BCUT2D eigenvalue weighted by Gasteiger charge is -2.19. The average Bonchev–Trinajstić information content (AvgIpc) is 3.32. The second kappa shape index (κ2) is 11.0.